The van der Waals surface area contributed by atoms with Gasteiger partial charge in [0.05, 0.1) is 12.4 Å². The van der Waals surface area contributed by atoms with E-state index in [1.807, 2.05) is 0 Å². The highest BCUT2D eigenvalue weighted by Crippen LogP contribution is 2.36. The monoisotopic (exact) mass is 354 g/mol. The van der Waals surface area contributed by atoms with Crippen molar-refractivity contribution in [1.29, 1.82) is 0 Å². The molecule has 0 unspecified atom stereocenters. The third-order valence-corrected chi connectivity index (χ3v) is 5.26. The fourth-order valence-corrected chi connectivity index (χ4v) is 3.55. The molecule has 136 valence electrons. The molecule has 2 aromatic rings. The number of halogens is 2. The summed E-state index contributed by atoms with van der Waals surface area (Å²) < 4.78 is 26.0. The number of nitrogens with zero attached hydrogens (tertiary/aromatic N) is 2. The van der Waals surface area contributed by atoms with Gasteiger partial charge in [-0.05, 0) is 66.3 Å². The Morgan fingerprint density at radius 2 is 1.46 bits per heavy atom. The molecule has 0 bridgehead atoms. The first-order valence-corrected chi connectivity index (χ1v) is 9.27. The molecule has 0 aliphatic heterocycles. The molecule has 1 saturated carbocycles. The minimum absolute atomic E-state index is 0.471. The van der Waals surface area contributed by atoms with Gasteiger partial charge in [-0.3, -0.25) is 0 Å². The second-order valence-electron chi connectivity index (χ2n) is 6.96. The van der Waals surface area contributed by atoms with Crippen molar-refractivity contribution in [3.05, 3.63) is 70.8 Å². The van der Waals surface area contributed by atoms with E-state index in [1.165, 1.54) is 49.9 Å². The largest absolute Gasteiger partial charge is 0.204 e. The highest BCUT2D eigenvalue weighted by molar-refractivity contribution is 5.82. The van der Waals surface area contributed by atoms with E-state index in [2.05, 4.69) is 41.4 Å². The molecule has 1 aliphatic rings. The molecule has 0 amide bonds. The lowest BCUT2D eigenvalue weighted by Gasteiger charge is -2.28. The zero-order chi connectivity index (χ0) is 18.4. The van der Waals surface area contributed by atoms with Crippen molar-refractivity contribution >= 4 is 12.4 Å². The van der Waals surface area contributed by atoms with E-state index in [0.29, 0.717) is 11.5 Å². The molecule has 2 aromatic carbocycles. The van der Waals surface area contributed by atoms with E-state index in [9.17, 15) is 8.78 Å². The van der Waals surface area contributed by atoms with Crippen LogP contribution >= 0.6 is 0 Å². The summed E-state index contributed by atoms with van der Waals surface area (Å²) in [6.07, 6.45) is 9.60. The second kappa shape index (κ2) is 8.84. The van der Waals surface area contributed by atoms with E-state index in [4.69, 9.17) is 0 Å². The van der Waals surface area contributed by atoms with Gasteiger partial charge in [0.15, 0.2) is 11.6 Å². The molecule has 1 aliphatic carbocycles. The summed E-state index contributed by atoms with van der Waals surface area (Å²) in [6, 6.07) is 12.1. The van der Waals surface area contributed by atoms with Crippen LogP contribution in [0.1, 0.15) is 61.6 Å². The van der Waals surface area contributed by atoms with E-state index < -0.39 is 11.6 Å². The van der Waals surface area contributed by atoms with E-state index in [0.717, 1.165) is 23.6 Å². The molecular weight excluding hydrogens is 330 g/mol. The maximum Gasteiger partial charge on any atom is 0.159 e. The van der Waals surface area contributed by atoms with Gasteiger partial charge in [0.25, 0.3) is 0 Å². The summed E-state index contributed by atoms with van der Waals surface area (Å²) in [5.41, 5.74) is 2.85. The lowest BCUT2D eigenvalue weighted by Crippen LogP contribution is -2.12. The van der Waals surface area contributed by atoms with Gasteiger partial charge < -0.3 is 0 Å². The van der Waals surface area contributed by atoms with Crippen LogP contribution < -0.4 is 0 Å². The normalized spacial score (nSPS) is 20.9. The summed E-state index contributed by atoms with van der Waals surface area (Å²) in [5, 5.41) is 7.87. The summed E-state index contributed by atoms with van der Waals surface area (Å²) >= 11 is 0. The van der Waals surface area contributed by atoms with Gasteiger partial charge in [-0.15, -0.1) is 0 Å². The molecule has 4 heteroatoms. The molecular formula is C22H24F2N2. The summed E-state index contributed by atoms with van der Waals surface area (Å²) in [7, 11) is 0. The molecule has 0 spiro atoms. The number of rotatable bonds is 5. The van der Waals surface area contributed by atoms with Crippen LogP contribution in [0.4, 0.5) is 8.78 Å². The van der Waals surface area contributed by atoms with Crippen molar-refractivity contribution in [3.63, 3.8) is 0 Å². The van der Waals surface area contributed by atoms with Crippen LogP contribution in [-0.4, -0.2) is 12.4 Å². The Balaban J connectivity index is 1.56. The summed E-state index contributed by atoms with van der Waals surface area (Å²) in [6.45, 7) is 2.29. The lowest BCUT2D eigenvalue weighted by atomic mass is 9.78. The van der Waals surface area contributed by atoms with Crippen molar-refractivity contribution in [3.8, 4) is 0 Å². The first kappa shape index (κ1) is 18.4. The third kappa shape index (κ3) is 4.84. The number of hydrogen-bond acceptors (Lipinski definition) is 2. The Hall–Kier alpha value is -2.36. The predicted molar refractivity (Wildman–Crippen MR) is 103 cm³/mol. The molecule has 0 radical (unpaired) electrons. The SMILES string of the molecule is CC[C@H]1CC[C@H](c2ccc(C=NN=Cc3ccc(F)c(F)c3)cc2)CC1. The fraction of sp³-hybridized carbons (Fsp3) is 0.364. The topological polar surface area (TPSA) is 24.7 Å². The molecule has 0 heterocycles. The quantitative estimate of drug-likeness (QED) is 0.458. The zero-order valence-corrected chi connectivity index (χ0v) is 15.0. The number of hydrogen-bond donors (Lipinski definition) is 0. The van der Waals surface area contributed by atoms with Crippen molar-refractivity contribution in [2.45, 2.75) is 44.9 Å². The van der Waals surface area contributed by atoms with Crippen molar-refractivity contribution < 1.29 is 8.78 Å². The van der Waals surface area contributed by atoms with E-state index in [1.54, 1.807) is 6.21 Å². The van der Waals surface area contributed by atoms with Crippen LogP contribution in [-0.2, 0) is 0 Å². The van der Waals surface area contributed by atoms with Crippen LogP contribution in [0, 0.1) is 17.6 Å². The smallest absolute Gasteiger partial charge is 0.159 e. The Labute approximate surface area is 153 Å². The minimum atomic E-state index is -0.888. The van der Waals surface area contributed by atoms with E-state index in [-0.39, 0.29) is 0 Å². The highest BCUT2D eigenvalue weighted by atomic mass is 19.2. The average Bonchev–Trinajstić information content (AvgIpc) is 2.68. The summed E-state index contributed by atoms with van der Waals surface area (Å²) in [5.74, 6) is -0.171. The van der Waals surface area contributed by atoms with E-state index >= 15 is 0 Å². The van der Waals surface area contributed by atoms with Crippen LogP contribution in [0.15, 0.2) is 52.7 Å². The van der Waals surface area contributed by atoms with Crippen molar-refractivity contribution in [1.82, 2.24) is 0 Å². The van der Waals surface area contributed by atoms with Gasteiger partial charge in [-0.1, -0.05) is 43.7 Å². The Morgan fingerprint density at radius 1 is 0.846 bits per heavy atom. The van der Waals surface area contributed by atoms with Crippen molar-refractivity contribution in [2.24, 2.45) is 16.1 Å². The lowest BCUT2D eigenvalue weighted by molar-refractivity contribution is 0.319. The van der Waals surface area contributed by atoms with Crippen LogP contribution in [0.2, 0.25) is 0 Å². The molecule has 0 N–H and O–H groups in total. The minimum Gasteiger partial charge on any atom is -0.204 e. The van der Waals surface area contributed by atoms with Gasteiger partial charge in [0.2, 0.25) is 0 Å². The van der Waals surface area contributed by atoms with Gasteiger partial charge in [0.1, 0.15) is 0 Å². The zero-order valence-electron chi connectivity index (χ0n) is 15.0. The molecule has 1 fully saturated rings. The predicted octanol–water partition coefficient (Wildman–Crippen LogP) is 6.10. The van der Waals surface area contributed by atoms with Gasteiger partial charge in [-0.2, -0.15) is 10.2 Å². The maximum absolute atomic E-state index is 13.1. The molecule has 0 saturated heterocycles. The van der Waals surface area contributed by atoms with Crippen LogP contribution in [0.25, 0.3) is 0 Å². The molecule has 26 heavy (non-hydrogen) atoms. The standard InChI is InChI=1S/C22H24F2N2/c1-2-16-3-8-19(9-4-16)20-10-5-17(6-11-20)14-25-26-15-18-7-12-21(23)22(24)13-18/h5-7,10-16,19H,2-4,8-9H2,1H3/t16-,19-. The molecule has 0 atom stereocenters. The Morgan fingerprint density at radius 3 is 2.08 bits per heavy atom. The summed E-state index contributed by atoms with van der Waals surface area (Å²) in [4.78, 5) is 0. The Bertz CT molecular complexity index is 773. The fourth-order valence-electron chi connectivity index (χ4n) is 3.55. The number of benzene rings is 2. The Kier molecular flexibility index (Phi) is 6.26. The molecule has 0 aromatic heterocycles. The van der Waals surface area contributed by atoms with Gasteiger partial charge in [-0.25, -0.2) is 8.78 Å². The first-order valence-electron chi connectivity index (χ1n) is 9.27. The first-order chi connectivity index (χ1) is 12.7. The van der Waals surface area contributed by atoms with Crippen LogP contribution in [0.3, 0.4) is 0 Å². The molecule has 2 nitrogen and oxygen atoms in total. The second-order valence-corrected chi connectivity index (χ2v) is 6.96. The van der Waals surface area contributed by atoms with Gasteiger partial charge >= 0.3 is 0 Å². The van der Waals surface area contributed by atoms with Gasteiger partial charge in [0, 0.05) is 0 Å². The highest BCUT2D eigenvalue weighted by Gasteiger charge is 2.20. The maximum atomic E-state index is 13.1. The van der Waals surface area contributed by atoms with Crippen molar-refractivity contribution in [2.75, 3.05) is 0 Å². The average molecular weight is 354 g/mol. The van der Waals surface area contributed by atoms with Crippen LogP contribution in [0.5, 0.6) is 0 Å². The third-order valence-electron chi connectivity index (χ3n) is 5.26. The molecule has 3 rings (SSSR count).